The van der Waals surface area contributed by atoms with Gasteiger partial charge in [0, 0.05) is 13.1 Å². The molecule has 1 aliphatic rings. The molecule has 0 atom stereocenters. The molecule has 0 aromatic heterocycles. The fourth-order valence-electron chi connectivity index (χ4n) is 1.85. The van der Waals surface area contributed by atoms with Gasteiger partial charge in [0.2, 0.25) is 6.41 Å². The summed E-state index contributed by atoms with van der Waals surface area (Å²) >= 11 is 0. The van der Waals surface area contributed by atoms with Gasteiger partial charge in [0.25, 0.3) is 0 Å². The lowest BCUT2D eigenvalue weighted by Gasteiger charge is -2.25. The second-order valence-corrected chi connectivity index (χ2v) is 3.81. The Kier molecular flexibility index (Phi) is 2.61. The van der Waals surface area contributed by atoms with Crippen LogP contribution < -0.4 is 0 Å². The summed E-state index contributed by atoms with van der Waals surface area (Å²) in [6.07, 6.45) is -3.03. The molecular formula is C11H10F3NO. The third kappa shape index (κ3) is 2.03. The van der Waals surface area contributed by atoms with Crippen LogP contribution in [0.5, 0.6) is 0 Å². The van der Waals surface area contributed by atoms with Gasteiger partial charge in [-0.05, 0) is 29.7 Å². The third-order valence-corrected chi connectivity index (χ3v) is 2.72. The largest absolute Gasteiger partial charge is 0.416 e. The van der Waals surface area contributed by atoms with Gasteiger partial charge in [-0.15, -0.1) is 0 Å². The molecule has 1 aromatic carbocycles. The maximum atomic E-state index is 12.5. The molecule has 86 valence electrons. The van der Waals surface area contributed by atoms with Crippen molar-refractivity contribution in [3.63, 3.8) is 0 Å². The molecule has 2 rings (SSSR count). The predicted molar refractivity (Wildman–Crippen MR) is 51.6 cm³/mol. The number of benzene rings is 1. The van der Waals surface area contributed by atoms with Gasteiger partial charge in [-0.3, -0.25) is 4.79 Å². The Morgan fingerprint density at radius 2 is 2.00 bits per heavy atom. The fourth-order valence-corrected chi connectivity index (χ4v) is 1.85. The van der Waals surface area contributed by atoms with Crippen LogP contribution in [0, 0.1) is 0 Å². The maximum absolute atomic E-state index is 12.5. The maximum Gasteiger partial charge on any atom is 0.416 e. The Hall–Kier alpha value is -1.52. The van der Waals surface area contributed by atoms with Crippen molar-refractivity contribution in [3.05, 3.63) is 34.9 Å². The van der Waals surface area contributed by atoms with Crippen LogP contribution in [0.2, 0.25) is 0 Å². The van der Waals surface area contributed by atoms with Gasteiger partial charge >= 0.3 is 6.18 Å². The highest BCUT2D eigenvalue weighted by Crippen LogP contribution is 2.31. The molecule has 1 aromatic rings. The number of rotatable bonds is 1. The number of nitrogens with zero attached hydrogens (tertiary/aromatic N) is 1. The zero-order chi connectivity index (χ0) is 11.8. The zero-order valence-electron chi connectivity index (χ0n) is 8.42. The van der Waals surface area contributed by atoms with Crippen LogP contribution in [-0.4, -0.2) is 17.9 Å². The van der Waals surface area contributed by atoms with Crippen molar-refractivity contribution in [2.24, 2.45) is 0 Å². The molecule has 0 aliphatic carbocycles. The van der Waals surface area contributed by atoms with E-state index in [2.05, 4.69) is 0 Å². The van der Waals surface area contributed by atoms with E-state index in [1.807, 2.05) is 0 Å². The van der Waals surface area contributed by atoms with Crippen LogP contribution in [0.4, 0.5) is 13.2 Å². The van der Waals surface area contributed by atoms with Crippen LogP contribution in [0.15, 0.2) is 18.2 Å². The van der Waals surface area contributed by atoms with Gasteiger partial charge in [-0.1, -0.05) is 6.07 Å². The number of hydrogen-bond acceptors (Lipinski definition) is 1. The van der Waals surface area contributed by atoms with Crippen LogP contribution in [0.1, 0.15) is 16.7 Å². The number of halogens is 3. The second kappa shape index (κ2) is 3.81. The van der Waals surface area contributed by atoms with E-state index in [0.29, 0.717) is 24.9 Å². The van der Waals surface area contributed by atoms with Crippen molar-refractivity contribution >= 4 is 6.41 Å². The molecule has 0 unspecified atom stereocenters. The quantitative estimate of drug-likeness (QED) is 0.676. The molecule has 0 saturated carbocycles. The molecule has 0 N–H and O–H groups in total. The second-order valence-electron chi connectivity index (χ2n) is 3.81. The minimum absolute atomic E-state index is 0.267. The number of hydrogen-bond donors (Lipinski definition) is 0. The van der Waals surface area contributed by atoms with Crippen molar-refractivity contribution in [2.45, 2.75) is 19.1 Å². The summed E-state index contributed by atoms with van der Waals surface area (Å²) in [5.74, 6) is 0. The first-order chi connectivity index (χ1) is 7.50. The first-order valence-electron chi connectivity index (χ1n) is 4.89. The number of amides is 1. The Bertz CT molecular complexity index is 414. The molecule has 1 amide bonds. The van der Waals surface area contributed by atoms with Crippen molar-refractivity contribution in [1.82, 2.24) is 4.90 Å². The van der Waals surface area contributed by atoms with Crippen molar-refractivity contribution in [2.75, 3.05) is 6.54 Å². The van der Waals surface area contributed by atoms with Crippen molar-refractivity contribution in [3.8, 4) is 0 Å². The van der Waals surface area contributed by atoms with Crippen molar-refractivity contribution < 1.29 is 18.0 Å². The minimum Gasteiger partial charge on any atom is -0.341 e. The molecule has 0 radical (unpaired) electrons. The highest BCUT2D eigenvalue weighted by Gasteiger charge is 2.31. The molecule has 5 heteroatoms. The summed E-state index contributed by atoms with van der Waals surface area (Å²) in [5.41, 5.74) is 0.832. The Morgan fingerprint density at radius 1 is 1.25 bits per heavy atom. The predicted octanol–water partition coefficient (Wildman–Crippen LogP) is 2.22. The first kappa shape index (κ1) is 11.0. The summed E-state index contributed by atoms with van der Waals surface area (Å²) in [6, 6.07) is 3.72. The molecule has 2 nitrogen and oxygen atoms in total. The standard InChI is InChI=1S/C11H10F3NO/c12-11(13,14)10-2-1-8-3-4-15(7-16)6-9(8)5-10/h1-2,5,7H,3-4,6H2. The van der Waals surface area contributed by atoms with Gasteiger partial charge in [0.05, 0.1) is 5.56 Å². The molecule has 0 fully saturated rings. The number of alkyl halides is 3. The fraction of sp³-hybridized carbons (Fsp3) is 0.364. The smallest absolute Gasteiger partial charge is 0.341 e. The van der Waals surface area contributed by atoms with Gasteiger partial charge in [0.15, 0.2) is 0 Å². The first-order valence-corrected chi connectivity index (χ1v) is 4.89. The van der Waals surface area contributed by atoms with Crippen LogP contribution in [0.3, 0.4) is 0 Å². The monoisotopic (exact) mass is 229 g/mol. The van der Waals surface area contributed by atoms with Crippen LogP contribution in [0.25, 0.3) is 0 Å². The molecule has 0 bridgehead atoms. The third-order valence-electron chi connectivity index (χ3n) is 2.72. The van der Waals surface area contributed by atoms with Crippen molar-refractivity contribution in [1.29, 1.82) is 0 Å². The average Bonchev–Trinajstić information content (AvgIpc) is 2.26. The van der Waals surface area contributed by atoms with E-state index in [1.165, 1.54) is 11.0 Å². The van der Waals surface area contributed by atoms with E-state index in [9.17, 15) is 18.0 Å². The van der Waals surface area contributed by atoms with E-state index in [0.717, 1.165) is 17.7 Å². The molecule has 0 spiro atoms. The molecule has 1 heterocycles. The molecule has 0 saturated heterocycles. The summed E-state index contributed by atoms with van der Waals surface area (Å²) < 4.78 is 37.4. The highest BCUT2D eigenvalue weighted by atomic mass is 19.4. The number of carbonyl (C=O) groups excluding carboxylic acids is 1. The lowest BCUT2D eigenvalue weighted by Crippen LogP contribution is -2.29. The Labute approximate surface area is 90.7 Å². The highest BCUT2D eigenvalue weighted by molar-refractivity contribution is 5.49. The van der Waals surface area contributed by atoms with Crippen LogP contribution >= 0.6 is 0 Å². The average molecular weight is 229 g/mol. The van der Waals surface area contributed by atoms with Gasteiger partial charge < -0.3 is 4.90 Å². The summed E-state index contributed by atoms with van der Waals surface area (Å²) in [5, 5.41) is 0. The SMILES string of the molecule is O=CN1CCc2ccc(C(F)(F)F)cc2C1. The number of carbonyl (C=O) groups is 1. The summed E-state index contributed by atoms with van der Waals surface area (Å²) in [7, 11) is 0. The van der Waals surface area contributed by atoms with Gasteiger partial charge in [0.1, 0.15) is 0 Å². The summed E-state index contributed by atoms with van der Waals surface area (Å²) in [4.78, 5) is 12.0. The van der Waals surface area contributed by atoms with Gasteiger partial charge in [-0.2, -0.15) is 13.2 Å². The molecule has 1 aliphatic heterocycles. The Morgan fingerprint density at radius 3 is 2.62 bits per heavy atom. The van der Waals surface area contributed by atoms with Crippen LogP contribution in [-0.2, 0) is 23.9 Å². The summed E-state index contributed by atoms with van der Waals surface area (Å²) in [6.45, 7) is 0.838. The van der Waals surface area contributed by atoms with E-state index in [-0.39, 0.29) is 6.54 Å². The normalized spacial score (nSPS) is 15.8. The number of fused-ring (bicyclic) bond motifs is 1. The topological polar surface area (TPSA) is 20.3 Å². The molecular weight excluding hydrogens is 219 g/mol. The van der Waals surface area contributed by atoms with E-state index in [4.69, 9.17) is 0 Å². The van der Waals surface area contributed by atoms with E-state index < -0.39 is 11.7 Å². The van der Waals surface area contributed by atoms with E-state index in [1.54, 1.807) is 0 Å². The lowest BCUT2D eigenvalue weighted by molar-refractivity contribution is -0.137. The van der Waals surface area contributed by atoms with Gasteiger partial charge in [-0.25, -0.2) is 0 Å². The Balaban J connectivity index is 2.34. The van der Waals surface area contributed by atoms with E-state index >= 15 is 0 Å². The minimum atomic E-state index is -4.32. The lowest BCUT2D eigenvalue weighted by atomic mass is 9.97. The zero-order valence-corrected chi connectivity index (χ0v) is 8.42. The molecule has 16 heavy (non-hydrogen) atoms.